The lowest BCUT2D eigenvalue weighted by Gasteiger charge is -2.34. The zero-order chi connectivity index (χ0) is 54.1. The number of aryl methyl sites for hydroxylation is 1. The van der Waals surface area contributed by atoms with Gasteiger partial charge < -0.3 is 38.2 Å². The van der Waals surface area contributed by atoms with Crippen LogP contribution in [0.2, 0.25) is 0 Å². The molecule has 5 rings (SSSR count). The van der Waals surface area contributed by atoms with Crippen molar-refractivity contribution in [3.8, 4) is 0 Å². The SMILES string of the molecule is COC(=O)CCCCCN1/C(=C/C=C2\CCCC(/C=C/C3=[N+](CCCCCC(=O)OC)c4ccc(C)cc4C3(C)C)=C2N(CCOCCC(=O)OC)CCOCCC(=O)OC)C(C)(C)c2cc(S(=O)(=O)O)ccc21. The third-order valence-electron chi connectivity index (χ3n) is 14.3. The Hall–Kier alpha value is -5.62. The zero-order valence-electron chi connectivity index (χ0n) is 45.2. The Balaban J connectivity index is 1.64. The summed E-state index contributed by atoms with van der Waals surface area (Å²) in [6, 6.07) is 11.4. The van der Waals surface area contributed by atoms with Gasteiger partial charge in [-0.1, -0.05) is 44.1 Å². The number of fused-ring (bicyclic) bond motifs is 2. The predicted octanol–water partition coefficient (Wildman–Crippen LogP) is 9.15. The summed E-state index contributed by atoms with van der Waals surface area (Å²) in [6.07, 6.45) is 16.9. The normalized spacial score (nSPS) is 17.0. The third-order valence-corrected chi connectivity index (χ3v) is 15.1. The lowest BCUT2D eigenvalue weighted by molar-refractivity contribution is -0.438. The van der Waals surface area contributed by atoms with E-state index in [0.29, 0.717) is 52.1 Å². The molecule has 0 atom stereocenters. The average molecular weight is 1050 g/mol. The summed E-state index contributed by atoms with van der Waals surface area (Å²) in [5.74, 6) is -1.17. The van der Waals surface area contributed by atoms with E-state index >= 15 is 0 Å². The fourth-order valence-electron chi connectivity index (χ4n) is 10.1. The number of benzene rings is 2. The van der Waals surface area contributed by atoms with Crippen LogP contribution in [0.15, 0.2) is 88.1 Å². The number of anilines is 1. The molecule has 0 saturated carbocycles. The second kappa shape index (κ2) is 27.8. The maximum absolute atomic E-state index is 12.5. The number of hydrogen-bond acceptors (Lipinski definition) is 14. The first-order valence-corrected chi connectivity index (χ1v) is 27.4. The van der Waals surface area contributed by atoms with Crippen molar-refractivity contribution in [2.75, 3.05) is 85.9 Å². The average Bonchev–Trinajstić information content (AvgIpc) is 3.72. The van der Waals surface area contributed by atoms with Crippen molar-refractivity contribution >= 4 is 51.1 Å². The summed E-state index contributed by atoms with van der Waals surface area (Å²) in [5.41, 5.74) is 9.54. The summed E-state index contributed by atoms with van der Waals surface area (Å²) in [4.78, 5) is 52.2. The number of carbonyl (C=O) groups excluding carboxylic acids is 4. The molecule has 2 aliphatic heterocycles. The number of methoxy groups -OCH3 is 4. The number of allylic oxidation sites excluding steroid dienone is 7. The number of unbranched alkanes of at least 4 members (excludes halogenated alkanes) is 4. The van der Waals surface area contributed by atoms with E-state index < -0.39 is 15.5 Å². The van der Waals surface area contributed by atoms with E-state index in [1.165, 1.54) is 51.3 Å². The molecule has 2 heterocycles. The van der Waals surface area contributed by atoms with Crippen molar-refractivity contribution in [2.24, 2.45) is 0 Å². The van der Waals surface area contributed by atoms with Crippen LogP contribution in [-0.2, 0) is 68.5 Å². The maximum atomic E-state index is 12.5. The Morgan fingerprint density at radius 2 is 1.28 bits per heavy atom. The first kappa shape index (κ1) is 59.3. The predicted molar refractivity (Wildman–Crippen MR) is 284 cm³/mol. The molecule has 3 aliphatic rings. The highest BCUT2D eigenvalue weighted by atomic mass is 32.2. The quantitative estimate of drug-likeness (QED) is 0.0267. The van der Waals surface area contributed by atoms with Gasteiger partial charge in [-0.05, 0) is 113 Å². The van der Waals surface area contributed by atoms with Crippen LogP contribution in [0.5, 0.6) is 0 Å². The van der Waals surface area contributed by atoms with Crippen LogP contribution < -0.4 is 4.90 Å². The molecule has 0 unspecified atom stereocenters. The number of hydrogen-bond donors (Lipinski definition) is 1. The minimum atomic E-state index is -4.48. The smallest absolute Gasteiger partial charge is 0.307 e. The molecule has 74 heavy (non-hydrogen) atoms. The van der Waals surface area contributed by atoms with Crippen molar-refractivity contribution in [1.82, 2.24) is 4.90 Å². The van der Waals surface area contributed by atoms with Crippen LogP contribution in [0.1, 0.15) is 128 Å². The Labute approximate surface area is 439 Å². The van der Waals surface area contributed by atoms with Crippen molar-refractivity contribution in [3.05, 3.63) is 99.9 Å². The van der Waals surface area contributed by atoms with Crippen molar-refractivity contribution in [3.63, 3.8) is 0 Å². The van der Waals surface area contributed by atoms with Gasteiger partial charge in [0, 0.05) is 79.1 Å². The van der Waals surface area contributed by atoms with E-state index in [2.05, 4.69) is 91.5 Å². The van der Waals surface area contributed by atoms with Crippen LogP contribution in [0.4, 0.5) is 11.4 Å². The Kier molecular flexibility index (Phi) is 22.2. The van der Waals surface area contributed by atoms with Gasteiger partial charge in [0.2, 0.25) is 5.69 Å². The highest BCUT2D eigenvalue weighted by Gasteiger charge is 2.44. The van der Waals surface area contributed by atoms with Gasteiger partial charge in [0.15, 0.2) is 5.71 Å². The zero-order valence-corrected chi connectivity index (χ0v) is 46.0. The molecule has 0 aromatic heterocycles. The van der Waals surface area contributed by atoms with Gasteiger partial charge in [-0.3, -0.25) is 23.7 Å². The topological polar surface area (TPSA) is 188 Å². The van der Waals surface area contributed by atoms with E-state index in [-0.39, 0.29) is 60.2 Å². The van der Waals surface area contributed by atoms with Gasteiger partial charge in [-0.2, -0.15) is 13.0 Å². The molecule has 0 radical (unpaired) electrons. The van der Waals surface area contributed by atoms with Crippen molar-refractivity contribution < 1.29 is 65.1 Å². The van der Waals surface area contributed by atoms with E-state index in [4.69, 9.17) is 28.4 Å². The van der Waals surface area contributed by atoms with Crippen LogP contribution in [0, 0.1) is 6.92 Å². The summed E-state index contributed by atoms with van der Waals surface area (Å²) < 4.78 is 69.0. The minimum absolute atomic E-state index is 0.117. The fraction of sp³-hybridized carbons (Fsp3) is 0.561. The van der Waals surface area contributed by atoms with E-state index in [9.17, 15) is 32.1 Å². The van der Waals surface area contributed by atoms with Crippen molar-refractivity contribution in [1.29, 1.82) is 0 Å². The molecule has 0 saturated heterocycles. The van der Waals surface area contributed by atoms with Crippen LogP contribution in [-0.4, -0.2) is 133 Å². The molecule has 1 N–H and O–H groups in total. The van der Waals surface area contributed by atoms with E-state index in [1.807, 2.05) is 0 Å². The molecular weight excluding hydrogens is 967 g/mol. The first-order valence-electron chi connectivity index (χ1n) is 25.9. The Morgan fingerprint density at radius 3 is 1.88 bits per heavy atom. The van der Waals surface area contributed by atoms with E-state index in [1.54, 1.807) is 12.1 Å². The van der Waals surface area contributed by atoms with Gasteiger partial charge in [-0.15, -0.1) is 0 Å². The molecule has 406 valence electrons. The Morgan fingerprint density at radius 1 is 0.689 bits per heavy atom. The maximum Gasteiger partial charge on any atom is 0.307 e. The molecule has 16 nitrogen and oxygen atoms in total. The molecule has 2 aromatic rings. The number of ether oxygens (including phenoxy) is 6. The monoisotopic (exact) mass is 1050 g/mol. The lowest BCUT2D eigenvalue weighted by atomic mass is 9.80. The summed E-state index contributed by atoms with van der Waals surface area (Å²) in [6.45, 7) is 14.0. The molecule has 17 heteroatoms. The third kappa shape index (κ3) is 15.7. The lowest BCUT2D eigenvalue weighted by Crippen LogP contribution is -2.33. The molecule has 0 spiro atoms. The van der Waals surface area contributed by atoms with Gasteiger partial charge in [0.05, 0.1) is 78.0 Å². The second-order valence-electron chi connectivity index (χ2n) is 20.1. The first-order chi connectivity index (χ1) is 35.3. The molecule has 0 amide bonds. The van der Waals surface area contributed by atoms with Gasteiger partial charge in [0.25, 0.3) is 10.1 Å². The molecule has 1 aliphatic carbocycles. The highest BCUT2D eigenvalue weighted by Crippen LogP contribution is 2.49. The number of nitrogens with zero attached hydrogens (tertiary/aromatic N) is 3. The second-order valence-corrected chi connectivity index (χ2v) is 21.5. The van der Waals surface area contributed by atoms with Crippen LogP contribution in [0.25, 0.3) is 0 Å². The number of esters is 4. The molecular formula is C57H80N3O13S+. The van der Waals surface area contributed by atoms with Gasteiger partial charge >= 0.3 is 23.9 Å². The standard InChI is InChI=1S/C57H79N3O13S/c1-41-21-25-47-45(39-41)56(2,3)49(59(47)31-14-10-12-19-51(61)68-6)27-22-42-17-16-18-43(55(42)58(33-37-72-35-29-53(63)70-8)34-38-73-36-30-54(64)71-9)23-28-50-57(4,5)46-40-44(74(65,66)67)24-26-48(46)60(50)32-15-11-13-20-52(62)69-7/h21-28,39-40H,10-20,29-38H2,1-9H3/p+1. The van der Waals surface area contributed by atoms with Crippen LogP contribution >= 0.6 is 0 Å². The number of carbonyl (C=O) groups is 4. The molecule has 0 fully saturated rings. The van der Waals surface area contributed by atoms with Crippen LogP contribution in [0.3, 0.4) is 0 Å². The summed E-state index contributed by atoms with van der Waals surface area (Å²) in [5, 5.41) is 0. The highest BCUT2D eigenvalue weighted by molar-refractivity contribution is 7.85. The molecule has 2 aromatic carbocycles. The van der Waals surface area contributed by atoms with Crippen molar-refractivity contribution in [2.45, 2.75) is 134 Å². The Bertz CT molecular complexity index is 2570. The minimum Gasteiger partial charge on any atom is -0.469 e. The summed E-state index contributed by atoms with van der Waals surface area (Å²) in [7, 11) is 1.03. The largest absolute Gasteiger partial charge is 0.469 e. The number of rotatable bonds is 29. The van der Waals surface area contributed by atoms with Gasteiger partial charge in [0.1, 0.15) is 6.54 Å². The van der Waals surface area contributed by atoms with E-state index in [0.717, 1.165) is 97.4 Å². The summed E-state index contributed by atoms with van der Waals surface area (Å²) >= 11 is 0. The van der Waals surface area contributed by atoms with Gasteiger partial charge in [-0.25, -0.2) is 0 Å². The molecule has 0 bridgehead atoms. The fourth-order valence-corrected chi connectivity index (χ4v) is 10.6.